The van der Waals surface area contributed by atoms with E-state index in [2.05, 4.69) is 44.4 Å². The van der Waals surface area contributed by atoms with Crippen LogP contribution in [-0.2, 0) is 0 Å². The van der Waals surface area contributed by atoms with Crippen molar-refractivity contribution in [1.29, 1.82) is 0 Å². The highest BCUT2D eigenvalue weighted by atomic mass is 15.3. The smallest absolute Gasteiger partial charge is 0.0593 e. The van der Waals surface area contributed by atoms with Gasteiger partial charge in [-0.05, 0) is 70.6 Å². The lowest BCUT2D eigenvalue weighted by molar-refractivity contribution is 0.0368. The Morgan fingerprint density at radius 3 is 1.95 bits per heavy atom. The van der Waals surface area contributed by atoms with Crippen LogP contribution in [0.5, 0.6) is 0 Å². The third-order valence-corrected chi connectivity index (χ3v) is 4.92. The lowest BCUT2D eigenvalue weighted by atomic mass is 10.1. The van der Waals surface area contributed by atoms with Gasteiger partial charge in [-0.15, -0.1) is 0 Å². The molecule has 2 heteroatoms. The molecule has 1 saturated heterocycles. The summed E-state index contributed by atoms with van der Waals surface area (Å²) in [4.78, 5) is 5.47. The maximum Gasteiger partial charge on any atom is 0.0593 e. The largest absolute Gasteiger partial charge is 0.288 e. The number of unbranched alkanes of at least 4 members (excludes halogenated alkanes) is 1. The first-order chi connectivity index (χ1) is 10.0. The minimum atomic E-state index is 0.642. The van der Waals surface area contributed by atoms with Crippen LogP contribution >= 0.6 is 0 Å². The molecule has 0 bridgehead atoms. The molecular formula is C19H40N2. The molecule has 0 aromatic heterocycles. The molecule has 1 aliphatic rings. The fraction of sp³-hybridized carbons (Fsp3) is 1.00. The summed E-state index contributed by atoms with van der Waals surface area (Å²) in [6.07, 6.45) is 10.4. The van der Waals surface area contributed by atoms with Gasteiger partial charge in [0.2, 0.25) is 0 Å². The predicted octanol–water partition coefficient (Wildman–Crippen LogP) is 4.99. The van der Waals surface area contributed by atoms with E-state index in [0.29, 0.717) is 6.17 Å². The van der Waals surface area contributed by atoms with Crippen molar-refractivity contribution in [3.05, 3.63) is 0 Å². The quantitative estimate of drug-likeness (QED) is 0.524. The number of nitrogens with zero attached hydrogens (tertiary/aromatic N) is 2. The Labute approximate surface area is 134 Å². The normalized spacial score (nSPS) is 18.9. The first-order valence-corrected chi connectivity index (χ1v) is 9.48. The van der Waals surface area contributed by atoms with Crippen molar-refractivity contribution in [3.63, 3.8) is 0 Å². The number of hydrogen-bond donors (Lipinski definition) is 0. The average Bonchev–Trinajstić information content (AvgIpc) is 2.46. The van der Waals surface area contributed by atoms with Crippen LogP contribution in [0.3, 0.4) is 0 Å². The van der Waals surface area contributed by atoms with E-state index in [1.165, 1.54) is 71.1 Å². The highest BCUT2D eigenvalue weighted by molar-refractivity contribution is 4.73. The van der Waals surface area contributed by atoms with Crippen LogP contribution in [0.15, 0.2) is 0 Å². The molecule has 0 amide bonds. The molecule has 0 aliphatic carbocycles. The molecule has 1 unspecified atom stereocenters. The summed E-state index contributed by atoms with van der Waals surface area (Å²) in [7, 11) is 0. The molecule has 0 spiro atoms. The molecule has 1 aliphatic heterocycles. The monoisotopic (exact) mass is 296 g/mol. The van der Waals surface area contributed by atoms with Crippen molar-refractivity contribution >= 4 is 0 Å². The molecule has 0 N–H and O–H groups in total. The maximum absolute atomic E-state index is 2.76. The van der Waals surface area contributed by atoms with Crippen LogP contribution in [0.1, 0.15) is 79.6 Å². The van der Waals surface area contributed by atoms with Gasteiger partial charge >= 0.3 is 0 Å². The van der Waals surface area contributed by atoms with Crippen molar-refractivity contribution in [2.24, 2.45) is 11.8 Å². The molecule has 1 atom stereocenters. The lowest BCUT2D eigenvalue weighted by Gasteiger charge is -2.40. The van der Waals surface area contributed by atoms with Crippen LogP contribution in [0.2, 0.25) is 0 Å². The Kier molecular flexibility index (Phi) is 9.59. The predicted molar refractivity (Wildman–Crippen MR) is 94.6 cm³/mol. The number of rotatable bonds is 10. The zero-order valence-corrected chi connectivity index (χ0v) is 15.4. The standard InChI is InChI=1S/C19H40N2/c1-17(2)11-7-10-15-21(16-12-18(3)4)19(5)20-13-8-6-9-14-20/h17-19H,6-16H2,1-5H3. The number of hydrogen-bond acceptors (Lipinski definition) is 2. The van der Waals surface area contributed by atoms with E-state index in [-0.39, 0.29) is 0 Å². The number of likely N-dealkylation sites (tertiary alicyclic amines) is 1. The summed E-state index contributed by atoms with van der Waals surface area (Å²) < 4.78 is 0. The molecule has 0 aromatic carbocycles. The fourth-order valence-electron chi connectivity index (χ4n) is 3.30. The molecule has 1 heterocycles. The summed E-state index contributed by atoms with van der Waals surface area (Å²) >= 11 is 0. The van der Waals surface area contributed by atoms with Gasteiger partial charge in [-0.2, -0.15) is 0 Å². The van der Waals surface area contributed by atoms with E-state index < -0.39 is 0 Å². The molecule has 1 rings (SSSR count). The van der Waals surface area contributed by atoms with Crippen LogP contribution in [0.4, 0.5) is 0 Å². The van der Waals surface area contributed by atoms with Crippen LogP contribution in [0.25, 0.3) is 0 Å². The van der Waals surface area contributed by atoms with E-state index in [1.54, 1.807) is 0 Å². The molecule has 21 heavy (non-hydrogen) atoms. The van der Waals surface area contributed by atoms with Gasteiger partial charge in [0.15, 0.2) is 0 Å². The Balaban J connectivity index is 2.41. The Hall–Kier alpha value is -0.0800. The van der Waals surface area contributed by atoms with Crippen LogP contribution in [-0.4, -0.2) is 42.1 Å². The molecule has 1 fully saturated rings. The van der Waals surface area contributed by atoms with Crippen molar-refractivity contribution in [2.45, 2.75) is 85.7 Å². The Bertz CT molecular complexity index is 244. The van der Waals surface area contributed by atoms with Crippen LogP contribution in [0, 0.1) is 11.8 Å². The van der Waals surface area contributed by atoms with E-state index in [1.807, 2.05) is 0 Å². The Morgan fingerprint density at radius 2 is 1.38 bits per heavy atom. The van der Waals surface area contributed by atoms with E-state index in [4.69, 9.17) is 0 Å². The van der Waals surface area contributed by atoms with Crippen molar-refractivity contribution < 1.29 is 0 Å². The summed E-state index contributed by atoms with van der Waals surface area (Å²) in [6.45, 7) is 17.0. The third-order valence-electron chi connectivity index (χ3n) is 4.92. The van der Waals surface area contributed by atoms with E-state index in [9.17, 15) is 0 Å². The van der Waals surface area contributed by atoms with Gasteiger partial charge in [0.05, 0.1) is 6.17 Å². The molecular weight excluding hydrogens is 256 g/mol. The van der Waals surface area contributed by atoms with Gasteiger partial charge in [0.1, 0.15) is 0 Å². The van der Waals surface area contributed by atoms with Crippen molar-refractivity contribution in [2.75, 3.05) is 26.2 Å². The minimum absolute atomic E-state index is 0.642. The van der Waals surface area contributed by atoms with Gasteiger partial charge in [0.25, 0.3) is 0 Å². The van der Waals surface area contributed by atoms with E-state index in [0.717, 1.165) is 11.8 Å². The molecule has 0 radical (unpaired) electrons. The molecule has 0 saturated carbocycles. The first kappa shape index (κ1) is 19.0. The zero-order chi connectivity index (χ0) is 15.7. The van der Waals surface area contributed by atoms with Gasteiger partial charge in [-0.3, -0.25) is 9.80 Å². The third kappa shape index (κ3) is 8.21. The SMILES string of the molecule is CC(C)CCCCN(CCC(C)C)C(C)N1CCCCC1. The van der Waals surface area contributed by atoms with Crippen LogP contribution < -0.4 is 0 Å². The zero-order valence-electron chi connectivity index (χ0n) is 15.4. The van der Waals surface area contributed by atoms with Gasteiger partial charge in [-0.1, -0.05) is 47.0 Å². The second-order valence-electron chi connectivity index (χ2n) is 7.84. The number of piperidine rings is 1. The van der Waals surface area contributed by atoms with Crippen molar-refractivity contribution in [3.8, 4) is 0 Å². The maximum atomic E-state index is 2.76. The summed E-state index contributed by atoms with van der Waals surface area (Å²) in [5, 5.41) is 0. The highest BCUT2D eigenvalue weighted by Gasteiger charge is 2.22. The summed E-state index contributed by atoms with van der Waals surface area (Å²) in [5.41, 5.74) is 0. The van der Waals surface area contributed by atoms with Gasteiger partial charge in [-0.25, -0.2) is 0 Å². The lowest BCUT2D eigenvalue weighted by Crippen LogP contribution is -2.49. The summed E-state index contributed by atoms with van der Waals surface area (Å²) in [5.74, 6) is 1.67. The van der Waals surface area contributed by atoms with Gasteiger partial charge in [0, 0.05) is 0 Å². The second kappa shape index (κ2) is 10.6. The second-order valence-corrected chi connectivity index (χ2v) is 7.84. The molecule has 2 nitrogen and oxygen atoms in total. The van der Waals surface area contributed by atoms with Gasteiger partial charge < -0.3 is 0 Å². The first-order valence-electron chi connectivity index (χ1n) is 9.48. The average molecular weight is 297 g/mol. The highest BCUT2D eigenvalue weighted by Crippen LogP contribution is 2.17. The Morgan fingerprint density at radius 1 is 0.762 bits per heavy atom. The molecule has 126 valence electrons. The fourth-order valence-corrected chi connectivity index (χ4v) is 3.30. The summed E-state index contributed by atoms with van der Waals surface area (Å²) in [6, 6.07) is 0. The topological polar surface area (TPSA) is 6.48 Å². The van der Waals surface area contributed by atoms with E-state index >= 15 is 0 Å². The minimum Gasteiger partial charge on any atom is -0.288 e. The molecule has 0 aromatic rings. The van der Waals surface area contributed by atoms with Crippen molar-refractivity contribution in [1.82, 2.24) is 9.80 Å².